The molecule has 2 rings (SSSR count). The minimum atomic E-state index is -0.386. The number of unbranched alkanes of at least 4 members (excludes halogenated alkanes) is 2. The Morgan fingerprint density at radius 2 is 1.69 bits per heavy atom. The number of thiocarbonyl (C=S) groups is 1. The first-order chi connectivity index (χ1) is 13.9. The monoisotopic (exact) mass is 433 g/mol. The highest BCUT2D eigenvalue weighted by atomic mass is 35.5. The van der Waals surface area contributed by atoms with Gasteiger partial charge in [-0.3, -0.25) is 14.9 Å². The Kier molecular flexibility index (Phi) is 8.89. The average Bonchev–Trinajstić information content (AvgIpc) is 2.69. The predicted octanol–water partition coefficient (Wildman–Crippen LogP) is 4.99. The molecule has 0 aliphatic heterocycles. The van der Waals surface area contributed by atoms with Crippen molar-refractivity contribution < 1.29 is 14.3 Å². The Morgan fingerprint density at radius 3 is 2.28 bits per heavy atom. The lowest BCUT2D eigenvalue weighted by molar-refractivity contribution is -0.116. The van der Waals surface area contributed by atoms with Gasteiger partial charge in [0.05, 0.1) is 12.1 Å². The van der Waals surface area contributed by atoms with E-state index in [0.29, 0.717) is 34.1 Å². The zero-order valence-electron chi connectivity index (χ0n) is 16.4. The van der Waals surface area contributed by atoms with Gasteiger partial charge in [-0.05, 0) is 61.1 Å². The van der Waals surface area contributed by atoms with Crippen molar-refractivity contribution in [1.82, 2.24) is 5.32 Å². The largest absolute Gasteiger partial charge is 0.495 e. The number of hydrogen-bond acceptors (Lipinski definition) is 4. The molecule has 8 heteroatoms. The number of carbonyl (C=O) groups is 2. The van der Waals surface area contributed by atoms with Crippen molar-refractivity contribution in [2.45, 2.75) is 32.6 Å². The van der Waals surface area contributed by atoms with Crippen molar-refractivity contribution in [2.75, 3.05) is 17.7 Å². The Hall–Kier alpha value is -2.64. The summed E-state index contributed by atoms with van der Waals surface area (Å²) >= 11 is 11.2. The fourth-order valence-corrected chi connectivity index (χ4v) is 3.01. The van der Waals surface area contributed by atoms with Crippen LogP contribution >= 0.6 is 23.8 Å². The van der Waals surface area contributed by atoms with Crippen molar-refractivity contribution in [3.05, 3.63) is 53.1 Å². The van der Waals surface area contributed by atoms with Crippen molar-refractivity contribution in [3.8, 4) is 5.75 Å². The van der Waals surface area contributed by atoms with E-state index in [1.54, 1.807) is 36.4 Å². The average molecular weight is 434 g/mol. The van der Waals surface area contributed by atoms with Crippen LogP contribution in [-0.4, -0.2) is 24.0 Å². The molecule has 2 amide bonds. The molecule has 0 spiro atoms. The summed E-state index contributed by atoms with van der Waals surface area (Å²) in [5, 5.41) is 8.88. The van der Waals surface area contributed by atoms with Crippen LogP contribution in [0.25, 0.3) is 0 Å². The number of rotatable bonds is 8. The van der Waals surface area contributed by atoms with Gasteiger partial charge in [0.2, 0.25) is 5.91 Å². The van der Waals surface area contributed by atoms with Crippen LogP contribution in [0.4, 0.5) is 11.4 Å². The number of carbonyl (C=O) groups excluding carboxylic acids is 2. The molecule has 0 atom stereocenters. The lowest BCUT2D eigenvalue weighted by Crippen LogP contribution is -2.34. The molecule has 0 radical (unpaired) electrons. The molecule has 0 heterocycles. The van der Waals surface area contributed by atoms with Gasteiger partial charge in [0.1, 0.15) is 5.75 Å². The zero-order chi connectivity index (χ0) is 21.2. The first-order valence-electron chi connectivity index (χ1n) is 9.28. The molecule has 2 aromatic rings. The second kappa shape index (κ2) is 11.4. The van der Waals surface area contributed by atoms with E-state index in [1.807, 2.05) is 0 Å². The van der Waals surface area contributed by atoms with E-state index in [0.717, 1.165) is 19.3 Å². The van der Waals surface area contributed by atoms with Crippen molar-refractivity contribution in [2.24, 2.45) is 0 Å². The van der Waals surface area contributed by atoms with Gasteiger partial charge < -0.3 is 15.4 Å². The van der Waals surface area contributed by atoms with Gasteiger partial charge in [-0.15, -0.1) is 0 Å². The lowest BCUT2D eigenvalue weighted by atomic mass is 10.2. The molecule has 154 valence electrons. The molecular formula is C21H24ClN3O3S. The number of nitrogens with one attached hydrogen (secondary N) is 3. The van der Waals surface area contributed by atoms with Crippen LogP contribution in [0.1, 0.15) is 43.0 Å². The van der Waals surface area contributed by atoms with Crippen molar-refractivity contribution in [3.63, 3.8) is 0 Å². The summed E-state index contributed by atoms with van der Waals surface area (Å²) in [6.45, 7) is 2.10. The molecule has 6 nitrogen and oxygen atoms in total. The number of anilines is 2. The van der Waals surface area contributed by atoms with Crippen LogP contribution < -0.4 is 20.7 Å². The molecule has 0 fully saturated rings. The maximum absolute atomic E-state index is 12.3. The number of methoxy groups -OCH3 is 1. The SMILES string of the molecule is CCCCCC(=O)Nc1ccc(NC(=S)NC(=O)c2ccc(OC)c(Cl)c2)cc1. The third kappa shape index (κ3) is 7.36. The summed E-state index contributed by atoms with van der Waals surface area (Å²) < 4.78 is 5.07. The third-order valence-electron chi connectivity index (χ3n) is 4.07. The number of benzene rings is 2. The molecule has 0 saturated carbocycles. The molecule has 3 N–H and O–H groups in total. The van der Waals surface area contributed by atoms with Gasteiger partial charge >= 0.3 is 0 Å². The Balaban J connectivity index is 1.86. The van der Waals surface area contributed by atoms with Crippen LogP contribution in [0.15, 0.2) is 42.5 Å². The lowest BCUT2D eigenvalue weighted by Gasteiger charge is -2.11. The van der Waals surface area contributed by atoms with Crippen LogP contribution in [-0.2, 0) is 4.79 Å². The standard InChI is InChI=1S/C21H24ClN3O3S/c1-3-4-5-6-19(26)23-15-8-10-16(11-9-15)24-21(29)25-20(27)14-7-12-18(28-2)17(22)13-14/h7-13H,3-6H2,1-2H3,(H,23,26)(H2,24,25,27,29). The van der Waals surface area contributed by atoms with Crippen LogP contribution in [0.3, 0.4) is 0 Å². The number of amides is 2. The highest BCUT2D eigenvalue weighted by Gasteiger charge is 2.11. The van der Waals surface area contributed by atoms with Gasteiger partial charge in [-0.25, -0.2) is 0 Å². The molecule has 0 aliphatic rings. The topological polar surface area (TPSA) is 79.5 Å². The quantitative estimate of drug-likeness (QED) is 0.403. The van der Waals surface area contributed by atoms with E-state index >= 15 is 0 Å². The normalized spacial score (nSPS) is 10.2. The van der Waals surface area contributed by atoms with Gasteiger partial charge in [-0.1, -0.05) is 31.4 Å². The minimum Gasteiger partial charge on any atom is -0.495 e. The van der Waals surface area contributed by atoms with E-state index in [9.17, 15) is 9.59 Å². The first kappa shape index (κ1) is 22.6. The van der Waals surface area contributed by atoms with Gasteiger partial charge in [-0.2, -0.15) is 0 Å². The molecule has 29 heavy (non-hydrogen) atoms. The van der Waals surface area contributed by atoms with E-state index in [2.05, 4.69) is 22.9 Å². The Bertz CT molecular complexity index is 872. The van der Waals surface area contributed by atoms with Crippen LogP contribution in [0.5, 0.6) is 5.75 Å². The molecular weight excluding hydrogens is 410 g/mol. The number of ether oxygens (including phenoxy) is 1. The maximum atomic E-state index is 12.3. The van der Waals surface area contributed by atoms with Crippen LogP contribution in [0, 0.1) is 0 Å². The molecule has 2 aromatic carbocycles. The smallest absolute Gasteiger partial charge is 0.257 e. The summed E-state index contributed by atoms with van der Waals surface area (Å²) in [6.07, 6.45) is 3.52. The molecule has 0 saturated heterocycles. The number of hydrogen-bond donors (Lipinski definition) is 3. The van der Waals surface area contributed by atoms with Gasteiger partial charge in [0.15, 0.2) is 5.11 Å². The minimum absolute atomic E-state index is 0.0000887. The summed E-state index contributed by atoms with van der Waals surface area (Å²) in [7, 11) is 1.50. The first-order valence-corrected chi connectivity index (χ1v) is 10.1. The van der Waals surface area contributed by atoms with Gasteiger partial charge in [0, 0.05) is 23.4 Å². The second-order valence-electron chi connectivity index (χ2n) is 6.34. The highest BCUT2D eigenvalue weighted by molar-refractivity contribution is 7.80. The molecule has 0 aromatic heterocycles. The van der Waals surface area contributed by atoms with Crippen molar-refractivity contribution >= 4 is 52.1 Å². The van der Waals surface area contributed by atoms with E-state index < -0.39 is 0 Å². The Morgan fingerprint density at radius 1 is 1.03 bits per heavy atom. The highest BCUT2D eigenvalue weighted by Crippen LogP contribution is 2.24. The zero-order valence-corrected chi connectivity index (χ0v) is 18.0. The summed E-state index contributed by atoms with van der Waals surface area (Å²) in [5.74, 6) is 0.101. The van der Waals surface area contributed by atoms with Gasteiger partial charge in [0.25, 0.3) is 5.91 Å². The third-order valence-corrected chi connectivity index (χ3v) is 4.57. The molecule has 0 unspecified atom stereocenters. The van der Waals surface area contributed by atoms with Crippen LogP contribution in [0.2, 0.25) is 5.02 Å². The maximum Gasteiger partial charge on any atom is 0.257 e. The van der Waals surface area contributed by atoms with E-state index in [-0.39, 0.29) is 16.9 Å². The predicted molar refractivity (Wildman–Crippen MR) is 121 cm³/mol. The fraction of sp³-hybridized carbons (Fsp3) is 0.286. The second-order valence-corrected chi connectivity index (χ2v) is 7.16. The summed E-state index contributed by atoms with van der Waals surface area (Å²) in [6, 6.07) is 11.8. The van der Waals surface area contributed by atoms with Crippen molar-refractivity contribution in [1.29, 1.82) is 0 Å². The summed E-state index contributed by atoms with van der Waals surface area (Å²) in [5.41, 5.74) is 1.76. The fourth-order valence-electron chi connectivity index (χ4n) is 2.54. The van der Waals surface area contributed by atoms with E-state index in [4.69, 9.17) is 28.6 Å². The number of halogens is 1. The summed E-state index contributed by atoms with van der Waals surface area (Å²) in [4.78, 5) is 24.2. The van der Waals surface area contributed by atoms with E-state index in [1.165, 1.54) is 13.2 Å². The molecule has 0 aliphatic carbocycles. The Labute approximate surface area is 181 Å². The molecule has 0 bridgehead atoms.